The third kappa shape index (κ3) is 2.49. The minimum atomic E-state index is -0.758. The monoisotopic (exact) mass is 351 g/mol. The fourth-order valence-corrected chi connectivity index (χ4v) is 2.46. The van der Waals surface area contributed by atoms with Crippen LogP contribution in [0.25, 0.3) is 17.1 Å². The predicted molar refractivity (Wildman–Crippen MR) is 76.6 cm³/mol. The van der Waals surface area contributed by atoms with Crippen molar-refractivity contribution in [2.45, 2.75) is 0 Å². The first-order chi connectivity index (χ1) is 10.1. The van der Waals surface area contributed by atoms with Crippen molar-refractivity contribution in [1.29, 1.82) is 0 Å². The van der Waals surface area contributed by atoms with E-state index in [0.29, 0.717) is 15.7 Å². The number of anilines is 1. The van der Waals surface area contributed by atoms with E-state index >= 15 is 0 Å². The summed E-state index contributed by atoms with van der Waals surface area (Å²) in [6, 6.07) is 8.57. The molecule has 3 aromatic rings. The van der Waals surface area contributed by atoms with Crippen LogP contribution in [-0.2, 0) is 0 Å². The van der Waals surface area contributed by atoms with Crippen LogP contribution >= 0.6 is 15.9 Å². The summed E-state index contributed by atoms with van der Waals surface area (Å²) < 4.78 is 29.5. The van der Waals surface area contributed by atoms with E-state index in [4.69, 9.17) is 5.73 Å². The van der Waals surface area contributed by atoms with Crippen LogP contribution in [0.4, 0.5) is 14.5 Å². The van der Waals surface area contributed by atoms with Crippen LogP contribution in [0.2, 0.25) is 0 Å². The van der Waals surface area contributed by atoms with Crippen molar-refractivity contribution in [3.63, 3.8) is 0 Å². The Morgan fingerprint density at radius 2 is 1.81 bits per heavy atom. The molecule has 0 aliphatic carbocycles. The van der Waals surface area contributed by atoms with Gasteiger partial charge < -0.3 is 5.73 Å². The van der Waals surface area contributed by atoms with Gasteiger partial charge in [0.05, 0.1) is 0 Å². The molecule has 0 saturated carbocycles. The normalized spacial score (nSPS) is 10.8. The Balaban J connectivity index is 2.22. The summed E-state index contributed by atoms with van der Waals surface area (Å²) in [6.07, 6.45) is 0. The summed E-state index contributed by atoms with van der Waals surface area (Å²) in [4.78, 5) is 0. The molecule has 5 nitrogen and oxygen atoms in total. The van der Waals surface area contributed by atoms with Crippen molar-refractivity contribution in [2.24, 2.45) is 0 Å². The predicted octanol–water partition coefficient (Wildman–Crippen LogP) is 2.95. The van der Waals surface area contributed by atoms with Crippen molar-refractivity contribution in [2.75, 3.05) is 5.73 Å². The Morgan fingerprint density at radius 3 is 2.48 bits per heavy atom. The highest BCUT2D eigenvalue weighted by Crippen LogP contribution is 2.27. The van der Waals surface area contributed by atoms with Crippen molar-refractivity contribution in [3.05, 3.63) is 52.5 Å². The molecule has 21 heavy (non-hydrogen) atoms. The lowest BCUT2D eigenvalue weighted by Crippen LogP contribution is -2.05. The highest BCUT2D eigenvalue weighted by Gasteiger charge is 2.18. The van der Waals surface area contributed by atoms with Gasteiger partial charge in [-0.25, -0.2) is 8.78 Å². The maximum atomic E-state index is 13.9. The second kappa shape index (κ2) is 5.21. The highest BCUT2D eigenvalue weighted by atomic mass is 79.9. The summed E-state index contributed by atoms with van der Waals surface area (Å²) in [5, 5.41) is 11.0. The standard InChI is InChI=1S/C13H8BrF2N5/c14-8-4-7(5-9(17)6-8)13-18-19-20-21(13)12-10(15)2-1-3-11(12)16/h1-6H,17H2. The smallest absolute Gasteiger partial charge is 0.187 e. The van der Waals surface area contributed by atoms with Crippen molar-refractivity contribution in [3.8, 4) is 17.1 Å². The second-order valence-corrected chi connectivity index (χ2v) is 5.17. The van der Waals surface area contributed by atoms with Gasteiger partial charge in [0, 0.05) is 15.7 Å². The number of nitrogens with two attached hydrogens (primary N) is 1. The van der Waals surface area contributed by atoms with E-state index in [1.54, 1.807) is 18.2 Å². The first kappa shape index (κ1) is 13.6. The van der Waals surface area contributed by atoms with E-state index in [2.05, 4.69) is 31.5 Å². The van der Waals surface area contributed by atoms with E-state index in [0.717, 1.165) is 16.8 Å². The van der Waals surface area contributed by atoms with E-state index < -0.39 is 11.6 Å². The Bertz CT molecular complexity index is 778. The molecule has 0 saturated heterocycles. The first-order valence-electron chi connectivity index (χ1n) is 5.85. The molecule has 2 N–H and O–H groups in total. The van der Waals surface area contributed by atoms with Crippen LogP contribution in [0.15, 0.2) is 40.9 Å². The Labute approximate surface area is 126 Å². The van der Waals surface area contributed by atoms with E-state index in [9.17, 15) is 8.78 Å². The SMILES string of the molecule is Nc1cc(Br)cc(-c2nnnn2-c2c(F)cccc2F)c1. The lowest BCUT2D eigenvalue weighted by molar-refractivity contribution is 0.557. The quantitative estimate of drug-likeness (QED) is 0.720. The number of halogens is 3. The minimum Gasteiger partial charge on any atom is -0.399 e. The largest absolute Gasteiger partial charge is 0.399 e. The maximum absolute atomic E-state index is 13.9. The Hall–Kier alpha value is -2.35. The van der Waals surface area contributed by atoms with Gasteiger partial charge in [0.15, 0.2) is 17.5 Å². The first-order valence-corrected chi connectivity index (χ1v) is 6.65. The summed E-state index contributed by atoms with van der Waals surface area (Å²) in [5.41, 5.74) is 6.43. The zero-order chi connectivity index (χ0) is 15.0. The van der Waals surface area contributed by atoms with Crippen LogP contribution < -0.4 is 5.73 Å². The molecular formula is C13H8BrF2N5. The van der Waals surface area contributed by atoms with Gasteiger partial charge in [-0.1, -0.05) is 22.0 Å². The van der Waals surface area contributed by atoms with Gasteiger partial charge in [-0.15, -0.1) is 5.10 Å². The minimum absolute atomic E-state index is 0.187. The zero-order valence-corrected chi connectivity index (χ0v) is 12.1. The Kier molecular flexibility index (Phi) is 3.38. The summed E-state index contributed by atoms with van der Waals surface area (Å²) in [7, 11) is 0. The van der Waals surface area contributed by atoms with Crippen molar-refractivity contribution < 1.29 is 8.78 Å². The van der Waals surface area contributed by atoms with Crippen molar-refractivity contribution in [1.82, 2.24) is 20.2 Å². The van der Waals surface area contributed by atoms with Gasteiger partial charge in [0.1, 0.15) is 5.69 Å². The van der Waals surface area contributed by atoms with Gasteiger partial charge >= 0.3 is 0 Å². The molecule has 0 aliphatic rings. The third-order valence-corrected chi connectivity index (χ3v) is 3.26. The van der Waals surface area contributed by atoms with Gasteiger partial charge in [-0.05, 0) is 40.8 Å². The van der Waals surface area contributed by atoms with Crippen molar-refractivity contribution >= 4 is 21.6 Å². The molecule has 0 aliphatic heterocycles. The lowest BCUT2D eigenvalue weighted by Gasteiger charge is -2.07. The van der Waals surface area contributed by atoms with Gasteiger partial charge in [-0.3, -0.25) is 0 Å². The average molecular weight is 352 g/mol. The lowest BCUT2D eigenvalue weighted by atomic mass is 10.2. The number of rotatable bonds is 2. The molecule has 106 valence electrons. The number of tetrazole rings is 1. The zero-order valence-electron chi connectivity index (χ0n) is 10.5. The number of aromatic nitrogens is 4. The average Bonchev–Trinajstić information content (AvgIpc) is 2.86. The molecule has 0 atom stereocenters. The van der Waals surface area contributed by atoms with Crippen LogP contribution in [0, 0.1) is 11.6 Å². The highest BCUT2D eigenvalue weighted by molar-refractivity contribution is 9.10. The van der Waals surface area contributed by atoms with Gasteiger partial charge in [0.25, 0.3) is 0 Å². The molecule has 0 spiro atoms. The summed E-state index contributed by atoms with van der Waals surface area (Å²) in [6.45, 7) is 0. The molecule has 3 rings (SSSR count). The van der Waals surface area contributed by atoms with Gasteiger partial charge in [-0.2, -0.15) is 4.68 Å². The molecule has 0 radical (unpaired) electrons. The van der Waals surface area contributed by atoms with Crippen LogP contribution in [0.1, 0.15) is 0 Å². The van der Waals surface area contributed by atoms with E-state index in [1.807, 2.05) is 0 Å². The summed E-state index contributed by atoms with van der Waals surface area (Å²) >= 11 is 3.30. The second-order valence-electron chi connectivity index (χ2n) is 4.26. The third-order valence-electron chi connectivity index (χ3n) is 2.80. The molecule has 1 heterocycles. The van der Waals surface area contributed by atoms with Crippen LogP contribution in [0.3, 0.4) is 0 Å². The molecule has 8 heteroatoms. The summed E-state index contributed by atoms with van der Waals surface area (Å²) in [5.74, 6) is -1.33. The number of nitrogens with zero attached hydrogens (tertiary/aromatic N) is 4. The molecule has 0 bridgehead atoms. The number of hydrogen-bond acceptors (Lipinski definition) is 4. The molecule has 2 aromatic carbocycles. The molecular weight excluding hydrogens is 344 g/mol. The molecule has 0 fully saturated rings. The number of benzene rings is 2. The van der Waals surface area contributed by atoms with Crippen LogP contribution in [0.5, 0.6) is 0 Å². The maximum Gasteiger partial charge on any atom is 0.187 e. The van der Waals surface area contributed by atoms with Gasteiger partial charge in [0.2, 0.25) is 0 Å². The van der Waals surface area contributed by atoms with E-state index in [1.165, 1.54) is 6.07 Å². The fraction of sp³-hybridized carbons (Fsp3) is 0. The number of hydrogen-bond donors (Lipinski definition) is 1. The Morgan fingerprint density at radius 1 is 1.10 bits per heavy atom. The van der Waals surface area contributed by atoms with Crippen LogP contribution in [-0.4, -0.2) is 20.2 Å². The topological polar surface area (TPSA) is 69.6 Å². The fourth-order valence-electron chi connectivity index (χ4n) is 1.95. The number of nitrogen functional groups attached to an aromatic ring is 1. The van der Waals surface area contributed by atoms with E-state index in [-0.39, 0.29) is 11.5 Å². The molecule has 1 aromatic heterocycles. The molecule has 0 unspecified atom stereocenters. The number of para-hydroxylation sites is 1. The molecule has 0 amide bonds.